The first-order valence-corrected chi connectivity index (χ1v) is 7.75. The normalized spacial score (nSPS) is 12.5. The van der Waals surface area contributed by atoms with Crippen LogP contribution in [-0.2, 0) is 13.0 Å². The lowest BCUT2D eigenvalue weighted by Gasteiger charge is -2.18. The molecule has 2 N–H and O–H groups in total. The fraction of sp³-hybridized carbons (Fsp3) is 0.278. The van der Waals surface area contributed by atoms with Crippen LogP contribution in [0.2, 0.25) is 0 Å². The number of urea groups is 1. The van der Waals surface area contributed by atoms with Gasteiger partial charge in [0.2, 0.25) is 0 Å². The molecule has 23 heavy (non-hydrogen) atoms. The smallest absolute Gasteiger partial charge is 0.315 e. The summed E-state index contributed by atoms with van der Waals surface area (Å²) in [6.45, 7) is 2.27. The summed E-state index contributed by atoms with van der Waals surface area (Å²) < 4.78 is 11.0. The van der Waals surface area contributed by atoms with E-state index in [0.717, 1.165) is 29.0 Å². The molecule has 0 unspecified atom stereocenters. The first-order chi connectivity index (χ1) is 11.3. The lowest BCUT2D eigenvalue weighted by atomic mass is 10.1. The molecule has 5 heteroatoms. The SMILES string of the molecule is O=C(NCCc1ccc2c(c1)OCCO2)NCc1ccccc1. The molecule has 0 saturated carbocycles. The van der Waals surface area contributed by atoms with E-state index in [2.05, 4.69) is 10.6 Å². The molecular formula is C18H20N2O3. The van der Waals surface area contributed by atoms with Crippen LogP contribution in [0.3, 0.4) is 0 Å². The number of amides is 2. The van der Waals surface area contributed by atoms with Gasteiger partial charge in [0.05, 0.1) is 0 Å². The zero-order valence-corrected chi connectivity index (χ0v) is 12.9. The van der Waals surface area contributed by atoms with Crippen LogP contribution in [0.5, 0.6) is 11.5 Å². The molecule has 5 nitrogen and oxygen atoms in total. The zero-order valence-electron chi connectivity index (χ0n) is 12.9. The van der Waals surface area contributed by atoms with Crippen molar-refractivity contribution >= 4 is 6.03 Å². The molecule has 0 fully saturated rings. The van der Waals surface area contributed by atoms with Gasteiger partial charge in [-0.15, -0.1) is 0 Å². The highest BCUT2D eigenvalue weighted by Crippen LogP contribution is 2.30. The van der Waals surface area contributed by atoms with E-state index in [1.165, 1.54) is 0 Å². The lowest BCUT2D eigenvalue weighted by Crippen LogP contribution is -2.36. The van der Waals surface area contributed by atoms with Gasteiger partial charge in [0.1, 0.15) is 13.2 Å². The second-order valence-electron chi connectivity index (χ2n) is 5.32. The molecule has 2 amide bonds. The van der Waals surface area contributed by atoms with Gasteiger partial charge >= 0.3 is 6.03 Å². The van der Waals surface area contributed by atoms with Crippen molar-refractivity contribution in [2.45, 2.75) is 13.0 Å². The Morgan fingerprint density at radius 1 is 0.913 bits per heavy atom. The molecule has 0 bridgehead atoms. The summed E-state index contributed by atoms with van der Waals surface area (Å²) in [7, 11) is 0. The van der Waals surface area contributed by atoms with Gasteiger partial charge in [-0.3, -0.25) is 0 Å². The lowest BCUT2D eigenvalue weighted by molar-refractivity contribution is 0.171. The molecule has 1 aliphatic heterocycles. The van der Waals surface area contributed by atoms with Crippen LogP contribution in [-0.4, -0.2) is 25.8 Å². The van der Waals surface area contributed by atoms with Crippen molar-refractivity contribution in [3.63, 3.8) is 0 Å². The highest BCUT2D eigenvalue weighted by Gasteiger charge is 2.11. The highest BCUT2D eigenvalue weighted by atomic mass is 16.6. The van der Waals surface area contributed by atoms with Crippen molar-refractivity contribution in [1.82, 2.24) is 10.6 Å². The second kappa shape index (κ2) is 7.54. The number of hydrogen-bond donors (Lipinski definition) is 2. The summed E-state index contributed by atoms with van der Waals surface area (Å²) in [5.74, 6) is 1.57. The van der Waals surface area contributed by atoms with Gasteiger partial charge < -0.3 is 20.1 Å². The second-order valence-corrected chi connectivity index (χ2v) is 5.32. The van der Waals surface area contributed by atoms with Gasteiger partial charge in [-0.25, -0.2) is 4.79 Å². The predicted molar refractivity (Wildman–Crippen MR) is 87.8 cm³/mol. The van der Waals surface area contributed by atoms with E-state index in [0.29, 0.717) is 26.3 Å². The van der Waals surface area contributed by atoms with Crippen LogP contribution in [0.4, 0.5) is 4.79 Å². The van der Waals surface area contributed by atoms with E-state index < -0.39 is 0 Å². The zero-order chi connectivity index (χ0) is 15.9. The molecule has 0 spiro atoms. The molecule has 0 saturated heterocycles. The maximum atomic E-state index is 11.8. The third kappa shape index (κ3) is 4.39. The van der Waals surface area contributed by atoms with Crippen molar-refractivity contribution in [3.8, 4) is 11.5 Å². The monoisotopic (exact) mass is 312 g/mol. The molecule has 0 radical (unpaired) electrons. The number of hydrogen-bond acceptors (Lipinski definition) is 3. The average Bonchev–Trinajstić information content (AvgIpc) is 2.61. The number of fused-ring (bicyclic) bond motifs is 1. The van der Waals surface area contributed by atoms with E-state index in [1.54, 1.807) is 0 Å². The summed E-state index contributed by atoms with van der Waals surface area (Å²) in [4.78, 5) is 11.8. The van der Waals surface area contributed by atoms with Crippen molar-refractivity contribution < 1.29 is 14.3 Å². The molecule has 1 heterocycles. The van der Waals surface area contributed by atoms with E-state index in [1.807, 2.05) is 48.5 Å². The third-order valence-electron chi connectivity index (χ3n) is 3.60. The summed E-state index contributed by atoms with van der Waals surface area (Å²) in [5.41, 5.74) is 2.19. The number of carbonyl (C=O) groups excluding carboxylic acids is 1. The molecule has 1 aliphatic rings. The maximum Gasteiger partial charge on any atom is 0.315 e. The molecule has 3 rings (SSSR count). The maximum absolute atomic E-state index is 11.8. The average molecular weight is 312 g/mol. The van der Waals surface area contributed by atoms with Gasteiger partial charge in [0.15, 0.2) is 11.5 Å². The first-order valence-electron chi connectivity index (χ1n) is 7.75. The molecule has 0 aromatic heterocycles. The van der Waals surface area contributed by atoms with Crippen LogP contribution in [0.1, 0.15) is 11.1 Å². The molecule has 0 aliphatic carbocycles. The summed E-state index contributed by atoms with van der Waals surface area (Å²) >= 11 is 0. The van der Waals surface area contributed by atoms with Crippen molar-refractivity contribution in [1.29, 1.82) is 0 Å². The molecule has 2 aromatic rings. The van der Waals surface area contributed by atoms with Crippen LogP contribution in [0.25, 0.3) is 0 Å². The van der Waals surface area contributed by atoms with Crippen LogP contribution >= 0.6 is 0 Å². The summed E-state index contributed by atoms with van der Waals surface area (Å²) in [6.07, 6.45) is 0.745. The van der Waals surface area contributed by atoms with Gasteiger partial charge in [-0.2, -0.15) is 0 Å². The largest absolute Gasteiger partial charge is 0.486 e. The minimum atomic E-state index is -0.161. The van der Waals surface area contributed by atoms with E-state index >= 15 is 0 Å². The predicted octanol–water partition coefficient (Wildman–Crippen LogP) is 2.50. The quantitative estimate of drug-likeness (QED) is 0.892. The van der Waals surface area contributed by atoms with Gasteiger partial charge in [-0.05, 0) is 29.7 Å². The number of nitrogens with one attached hydrogen (secondary N) is 2. The Balaban J connectivity index is 1.41. The van der Waals surface area contributed by atoms with Gasteiger partial charge in [0.25, 0.3) is 0 Å². The van der Waals surface area contributed by atoms with E-state index in [4.69, 9.17) is 9.47 Å². The van der Waals surface area contributed by atoms with E-state index in [9.17, 15) is 4.79 Å². The Kier molecular flexibility index (Phi) is 4.99. The number of benzene rings is 2. The Hall–Kier alpha value is -2.69. The van der Waals surface area contributed by atoms with Gasteiger partial charge in [0, 0.05) is 13.1 Å². The standard InChI is InChI=1S/C18H20N2O3/c21-18(20-13-15-4-2-1-3-5-15)19-9-8-14-6-7-16-17(12-14)23-11-10-22-16/h1-7,12H,8-11,13H2,(H2,19,20,21). The van der Waals surface area contributed by atoms with Crippen LogP contribution < -0.4 is 20.1 Å². The molecule has 120 valence electrons. The van der Waals surface area contributed by atoms with Crippen LogP contribution in [0, 0.1) is 0 Å². The fourth-order valence-electron chi connectivity index (χ4n) is 2.40. The minimum absolute atomic E-state index is 0.161. The van der Waals surface area contributed by atoms with Crippen molar-refractivity contribution in [3.05, 3.63) is 59.7 Å². The Morgan fingerprint density at radius 3 is 2.52 bits per heavy atom. The molecule has 2 aromatic carbocycles. The molecule has 0 atom stereocenters. The first kappa shape index (κ1) is 15.2. The number of carbonyl (C=O) groups is 1. The van der Waals surface area contributed by atoms with Crippen molar-refractivity contribution in [2.24, 2.45) is 0 Å². The minimum Gasteiger partial charge on any atom is -0.486 e. The number of ether oxygens (including phenoxy) is 2. The molecular weight excluding hydrogens is 292 g/mol. The topological polar surface area (TPSA) is 59.6 Å². The summed E-state index contributed by atoms with van der Waals surface area (Å²) in [5, 5.41) is 5.70. The van der Waals surface area contributed by atoms with E-state index in [-0.39, 0.29) is 6.03 Å². The fourth-order valence-corrected chi connectivity index (χ4v) is 2.40. The summed E-state index contributed by atoms with van der Waals surface area (Å²) in [6, 6.07) is 15.6. The Bertz CT molecular complexity index is 659. The van der Waals surface area contributed by atoms with Crippen LogP contribution in [0.15, 0.2) is 48.5 Å². The highest BCUT2D eigenvalue weighted by molar-refractivity contribution is 5.73. The van der Waals surface area contributed by atoms with Crippen molar-refractivity contribution in [2.75, 3.05) is 19.8 Å². The Morgan fingerprint density at radius 2 is 1.70 bits per heavy atom. The Labute approximate surface area is 135 Å². The third-order valence-corrected chi connectivity index (χ3v) is 3.60. The van der Waals surface area contributed by atoms with Gasteiger partial charge in [-0.1, -0.05) is 36.4 Å². The number of rotatable bonds is 5.